The Morgan fingerprint density at radius 3 is 2.21 bits per heavy atom. The lowest BCUT2D eigenvalue weighted by molar-refractivity contribution is -0.220. The SMILES string of the molecule is COC(=O)N[C@H](C(=O)NNCc1c(F)cc(-c2ccn(C(F)F)n2)cc1F)C(C)(C)C(F)(F)F. The van der Waals surface area contributed by atoms with Gasteiger partial charge in [-0.2, -0.15) is 27.1 Å². The first-order chi connectivity index (χ1) is 15.7. The van der Waals surface area contributed by atoms with Crippen molar-refractivity contribution in [1.29, 1.82) is 0 Å². The number of amides is 2. The Balaban J connectivity index is 2.14. The topological polar surface area (TPSA) is 97.3 Å². The molecular weight excluding hydrogens is 479 g/mol. The molecule has 0 aliphatic heterocycles. The molecule has 2 rings (SSSR count). The molecule has 0 radical (unpaired) electrons. The number of alkyl carbamates (subject to hydrolysis) is 1. The minimum absolute atomic E-state index is 0.128. The average molecular weight is 499 g/mol. The largest absolute Gasteiger partial charge is 0.453 e. The van der Waals surface area contributed by atoms with Gasteiger partial charge in [0.05, 0.1) is 18.2 Å². The van der Waals surface area contributed by atoms with E-state index in [0.29, 0.717) is 13.8 Å². The highest BCUT2D eigenvalue weighted by Crippen LogP contribution is 2.40. The molecule has 0 saturated heterocycles. The third-order valence-electron chi connectivity index (χ3n) is 4.88. The maximum Gasteiger partial charge on any atom is 0.407 e. The average Bonchev–Trinajstić information content (AvgIpc) is 3.23. The van der Waals surface area contributed by atoms with Crippen molar-refractivity contribution in [3.63, 3.8) is 0 Å². The summed E-state index contributed by atoms with van der Waals surface area (Å²) in [6.45, 7) is -2.32. The summed E-state index contributed by atoms with van der Waals surface area (Å²) in [5, 5.41) is 5.27. The number of nitrogens with zero attached hydrogens (tertiary/aromatic N) is 2. The van der Waals surface area contributed by atoms with Gasteiger partial charge in [-0.05, 0) is 32.0 Å². The van der Waals surface area contributed by atoms with E-state index < -0.39 is 59.9 Å². The quantitative estimate of drug-likeness (QED) is 0.381. The van der Waals surface area contributed by atoms with Gasteiger partial charge in [-0.1, -0.05) is 0 Å². The molecule has 15 heteroatoms. The molecule has 1 aromatic heterocycles. The van der Waals surface area contributed by atoms with Crippen molar-refractivity contribution in [2.45, 2.75) is 39.2 Å². The Morgan fingerprint density at radius 1 is 1.15 bits per heavy atom. The van der Waals surface area contributed by atoms with Crippen molar-refractivity contribution in [2.24, 2.45) is 5.41 Å². The van der Waals surface area contributed by atoms with Crippen LogP contribution in [0.2, 0.25) is 0 Å². The van der Waals surface area contributed by atoms with Crippen LogP contribution in [0.15, 0.2) is 24.4 Å². The van der Waals surface area contributed by atoms with Gasteiger partial charge in [0.25, 0.3) is 5.91 Å². The molecule has 8 nitrogen and oxygen atoms in total. The number of aromatic nitrogens is 2. The van der Waals surface area contributed by atoms with Crippen LogP contribution in [0.25, 0.3) is 11.3 Å². The lowest BCUT2D eigenvalue weighted by Gasteiger charge is -2.35. The zero-order valence-corrected chi connectivity index (χ0v) is 17.9. The fourth-order valence-electron chi connectivity index (χ4n) is 2.73. The van der Waals surface area contributed by atoms with Crippen LogP contribution in [-0.4, -0.2) is 41.1 Å². The Morgan fingerprint density at radius 2 is 1.74 bits per heavy atom. The smallest absolute Gasteiger partial charge is 0.407 e. The van der Waals surface area contributed by atoms with Crippen molar-refractivity contribution in [1.82, 2.24) is 25.9 Å². The highest BCUT2D eigenvalue weighted by molar-refractivity contribution is 5.86. The summed E-state index contributed by atoms with van der Waals surface area (Å²) in [6, 6.07) is 0.590. The minimum Gasteiger partial charge on any atom is -0.453 e. The minimum atomic E-state index is -4.92. The molecular formula is C19H20F7N5O3. The van der Waals surface area contributed by atoms with Crippen LogP contribution < -0.4 is 16.2 Å². The number of carbonyl (C=O) groups is 2. The van der Waals surface area contributed by atoms with Crippen LogP contribution in [-0.2, 0) is 16.1 Å². The van der Waals surface area contributed by atoms with Crippen LogP contribution in [0.4, 0.5) is 35.5 Å². The first-order valence-corrected chi connectivity index (χ1v) is 9.44. The summed E-state index contributed by atoms with van der Waals surface area (Å²) in [5.74, 6) is -3.63. The lowest BCUT2D eigenvalue weighted by atomic mass is 9.83. The van der Waals surface area contributed by atoms with Crippen LogP contribution in [0.5, 0.6) is 0 Å². The van der Waals surface area contributed by atoms with E-state index in [1.54, 1.807) is 5.32 Å². The number of alkyl halides is 5. The fourth-order valence-corrected chi connectivity index (χ4v) is 2.73. The van der Waals surface area contributed by atoms with Gasteiger partial charge in [0, 0.05) is 23.9 Å². The number of benzene rings is 1. The predicted molar refractivity (Wildman–Crippen MR) is 103 cm³/mol. The molecule has 0 saturated carbocycles. The lowest BCUT2D eigenvalue weighted by Crippen LogP contribution is -2.60. The van der Waals surface area contributed by atoms with Crippen LogP contribution in [0.1, 0.15) is 26.0 Å². The van der Waals surface area contributed by atoms with Crippen LogP contribution in [0, 0.1) is 17.0 Å². The van der Waals surface area contributed by atoms with E-state index in [1.165, 1.54) is 0 Å². The van der Waals surface area contributed by atoms with E-state index in [0.717, 1.165) is 31.5 Å². The molecule has 0 aliphatic rings. The summed E-state index contributed by atoms with van der Waals surface area (Å²) in [6.07, 6.45) is -5.30. The highest BCUT2D eigenvalue weighted by atomic mass is 19.4. The summed E-state index contributed by atoms with van der Waals surface area (Å²) < 4.78 is 98.7. The van der Waals surface area contributed by atoms with Crippen LogP contribution >= 0.6 is 0 Å². The normalized spacial score (nSPS) is 13.0. The molecule has 34 heavy (non-hydrogen) atoms. The molecule has 0 unspecified atom stereocenters. The molecule has 2 aromatic rings. The van der Waals surface area contributed by atoms with Gasteiger partial charge in [0.15, 0.2) is 0 Å². The number of ether oxygens (including phenoxy) is 1. The molecule has 1 atom stereocenters. The third kappa shape index (κ3) is 5.95. The monoisotopic (exact) mass is 499 g/mol. The predicted octanol–water partition coefficient (Wildman–Crippen LogP) is 3.66. The van der Waals surface area contributed by atoms with Gasteiger partial charge >= 0.3 is 18.8 Å². The first-order valence-electron chi connectivity index (χ1n) is 9.44. The maximum atomic E-state index is 14.4. The molecule has 0 spiro atoms. The molecule has 2 amide bonds. The molecule has 0 fully saturated rings. The molecule has 3 N–H and O–H groups in total. The van der Waals surface area contributed by atoms with Gasteiger partial charge in [-0.25, -0.2) is 23.7 Å². The fraction of sp³-hybridized carbons (Fsp3) is 0.421. The molecule has 188 valence electrons. The Kier molecular flexibility index (Phi) is 8.13. The van der Waals surface area contributed by atoms with Crippen molar-refractivity contribution in [2.75, 3.05) is 7.11 Å². The molecule has 0 aliphatic carbocycles. The Labute approximate surface area is 188 Å². The van der Waals surface area contributed by atoms with E-state index >= 15 is 0 Å². The van der Waals surface area contributed by atoms with Crippen LogP contribution in [0.3, 0.4) is 0 Å². The number of hydrazine groups is 1. The van der Waals surface area contributed by atoms with Gasteiger partial charge in [-0.3, -0.25) is 10.2 Å². The molecule has 1 aromatic carbocycles. The number of hydrogen-bond donors (Lipinski definition) is 3. The van der Waals surface area contributed by atoms with E-state index in [4.69, 9.17) is 0 Å². The van der Waals surface area contributed by atoms with Crippen molar-refractivity contribution >= 4 is 12.0 Å². The van der Waals surface area contributed by atoms with Gasteiger partial charge in [0.2, 0.25) is 0 Å². The second kappa shape index (κ2) is 10.3. The number of rotatable bonds is 8. The number of hydrogen-bond acceptors (Lipinski definition) is 5. The standard InChI is InChI=1S/C19H20F7N5O3/c1-18(2,19(24,25)26)14(28-17(33)34-3)15(32)29-27-8-10-11(20)6-9(7-12(10)21)13-4-5-31(30-13)16(22)23/h4-7,14,16,27H,8H2,1-3H3,(H,28,33)(H,29,32)/t14-/m1/s1. The molecule has 0 bridgehead atoms. The number of carbonyl (C=O) groups excluding carboxylic acids is 2. The van der Waals surface area contributed by atoms with Gasteiger partial charge in [0.1, 0.15) is 17.7 Å². The van der Waals surface area contributed by atoms with Crippen molar-refractivity contribution in [3.05, 3.63) is 41.6 Å². The zero-order chi connectivity index (χ0) is 25.8. The maximum absolute atomic E-state index is 14.4. The zero-order valence-electron chi connectivity index (χ0n) is 17.9. The number of halogens is 7. The first kappa shape index (κ1) is 26.9. The second-order valence-electron chi connectivity index (χ2n) is 7.51. The number of methoxy groups -OCH3 is 1. The highest BCUT2D eigenvalue weighted by Gasteiger charge is 2.55. The summed E-state index contributed by atoms with van der Waals surface area (Å²) in [7, 11) is 0.885. The van der Waals surface area contributed by atoms with E-state index in [-0.39, 0.29) is 15.9 Å². The molecule has 1 heterocycles. The second-order valence-corrected chi connectivity index (χ2v) is 7.51. The Bertz CT molecular complexity index is 1020. The van der Waals surface area contributed by atoms with Crippen molar-refractivity contribution in [3.8, 4) is 11.3 Å². The summed E-state index contributed by atoms with van der Waals surface area (Å²) >= 11 is 0. The number of nitrogens with one attached hydrogen (secondary N) is 3. The van der Waals surface area contributed by atoms with E-state index in [1.807, 2.05) is 5.43 Å². The van der Waals surface area contributed by atoms with Gasteiger partial charge < -0.3 is 10.1 Å². The summed E-state index contributed by atoms with van der Waals surface area (Å²) in [4.78, 5) is 23.8. The summed E-state index contributed by atoms with van der Waals surface area (Å²) in [5.41, 5.74) is 0.343. The Hall–Kier alpha value is -3.36. The van der Waals surface area contributed by atoms with E-state index in [2.05, 4.69) is 15.3 Å². The van der Waals surface area contributed by atoms with Gasteiger partial charge in [-0.15, -0.1) is 0 Å². The van der Waals surface area contributed by atoms with Crippen molar-refractivity contribution < 1.29 is 45.1 Å². The van der Waals surface area contributed by atoms with E-state index in [9.17, 15) is 40.3 Å². The third-order valence-corrected chi connectivity index (χ3v) is 4.88.